The van der Waals surface area contributed by atoms with E-state index < -0.39 is 12.5 Å². The number of phenolic OH excluding ortho intramolecular Hbond substituents is 1. The summed E-state index contributed by atoms with van der Waals surface area (Å²) in [7, 11) is 0. The Morgan fingerprint density at radius 1 is 1.45 bits per heavy atom. The third-order valence-electron chi connectivity index (χ3n) is 3.41. The number of hydrogen-bond acceptors (Lipinski definition) is 4. The fourth-order valence-corrected chi connectivity index (χ4v) is 2.84. The summed E-state index contributed by atoms with van der Waals surface area (Å²) in [6.45, 7) is 0.658. The number of amides is 1. The van der Waals surface area contributed by atoms with Crippen LogP contribution in [0.3, 0.4) is 0 Å². The van der Waals surface area contributed by atoms with E-state index in [1.54, 1.807) is 6.07 Å². The average molecular weight is 319 g/mol. The van der Waals surface area contributed by atoms with Gasteiger partial charge in [0.1, 0.15) is 12.4 Å². The van der Waals surface area contributed by atoms with Gasteiger partial charge in [0.2, 0.25) is 5.91 Å². The van der Waals surface area contributed by atoms with E-state index in [2.05, 4.69) is 10.6 Å². The highest BCUT2D eigenvalue weighted by atomic mass is 35.5. The summed E-state index contributed by atoms with van der Waals surface area (Å²) in [6, 6.07) is 2.97. The van der Waals surface area contributed by atoms with Crippen molar-refractivity contribution >= 4 is 29.1 Å². The van der Waals surface area contributed by atoms with Gasteiger partial charge in [-0.05, 0) is 24.5 Å². The lowest BCUT2D eigenvalue weighted by Crippen LogP contribution is -2.32. The molecule has 1 amide bonds. The number of aliphatic hydroxyl groups is 1. The van der Waals surface area contributed by atoms with Crippen LogP contribution in [0.5, 0.6) is 5.75 Å². The summed E-state index contributed by atoms with van der Waals surface area (Å²) >= 11 is 12.1. The Morgan fingerprint density at radius 3 is 2.90 bits per heavy atom. The van der Waals surface area contributed by atoms with Gasteiger partial charge in [0.25, 0.3) is 0 Å². The molecule has 1 aromatic rings. The molecule has 1 aliphatic rings. The molecule has 1 aliphatic heterocycles. The summed E-state index contributed by atoms with van der Waals surface area (Å²) in [5, 5.41) is 25.2. The first-order valence-corrected chi connectivity index (χ1v) is 7.06. The zero-order valence-corrected chi connectivity index (χ0v) is 12.2. The summed E-state index contributed by atoms with van der Waals surface area (Å²) in [5.74, 6) is -0.0704. The van der Waals surface area contributed by atoms with Gasteiger partial charge in [-0.2, -0.15) is 0 Å². The van der Waals surface area contributed by atoms with Crippen LogP contribution in [0.15, 0.2) is 12.1 Å². The van der Waals surface area contributed by atoms with Gasteiger partial charge >= 0.3 is 0 Å². The van der Waals surface area contributed by atoms with Crippen molar-refractivity contribution in [3.63, 3.8) is 0 Å². The van der Waals surface area contributed by atoms with E-state index in [9.17, 15) is 9.90 Å². The monoisotopic (exact) mass is 318 g/mol. The molecular formula is C13H16Cl2N2O3. The summed E-state index contributed by atoms with van der Waals surface area (Å²) in [6.07, 6.45) is 0.722. The van der Waals surface area contributed by atoms with E-state index in [0.29, 0.717) is 28.7 Å². The highest BCUT2D eigenvalue weighted by molar-refractivity contribution is 6.42. The van der Waals surface area contributed by atoms with E-state index in [0.717, 1.165) is 6.42 Å². The van der Waals surface area contributed by atoms with Gasteiger partial charge in [0.05, 0.1) is 10.0 Å². The fraction of sp³-hybridized carbons (Fsp3) is 0.462. The lowest BCUT2D eigenvalue weighted by atomic mass is 9.99. The van der Waals surface area contributed by atoms with Crippen LogP contribution >= 0.6 is 23.2 Å². The Bertz CT molecular complexity index is 511. The van der Waals surface area contributed by atoms with Crippen LogP contribution in [0.25, 0.3) is 0 Å². The van der Waals surface area contributed by atoms with Crippen molar-refractivity contribution in [1.82, 2.24) is 10.6 Å². The molecule has 0 saturated carbocycles. The predicted molar refractivity (Wildman–Crippen MR) is 77.1 cm³/mol. The van der Waals surface area contributed by atoms with Crippen molar-refractivity contribution in [3.8, 4) is 5.75 Å². The highest BCUT2D eigenvalue weighted by Crippen LogP contribution is 2.40. The third kappa shape index (κ3) is 3.35. The molecule has 20 heavy (non-hydrogen) atoms. The SMILES string of the molecule is O=C(CO)NC[C@@H]1CN[C@@H](c2c(O)ccc(Cl)c2Cl)C1. The van der Waals surface area contributed by atoms with E-state index in [1.807, 2.05) is 0 Å². The number of aliphatic hydroxyl groups excluding tert-OH is 1. The Hall–Kier alpha value is -1.01. The van der Waals surface area contributed by atoms with Crippen LogP contribution in [0, 0.1) is 5.92 Å². The van der Waals surface area contributed by atoms with Gasteiger partial charge in [-0.15, -0.1) is 0 Å². The Balaban J connectivity index is 2.03. The van der Waals surface area contributed by atoms with Crippen molar-refractivity contribution < 1.29 is 15.0 Å². The number of carbonyl (C=O) groups excluding carboxylic acids is 1. The minimum absolute atomic E-state index is 0.0998. The number of halogens is 2. The average Bonchev–Trinajstić information content (AvgIpc) is 2.89. The van der Waals surface area contributed by atoms with Crippen LogP contribution in [-0.4, -0.2) is 35.8 Å². The van der Waals surface area contributed by atoms with Gasteiger partial charge in [-0.3, -0.25) is 4.79 Å². The largest absolute Gasteiger partial charge is 0.508 e. The standard InChI is InChI=1S/C13H16Cl2N2O3/c14-8-1-2-10(19)12(13(8)15)9-3-7(4-16-9)5-17-11(20)6-18/h1-2,7,9,16,18-19H,3-6H2,(H,17,20)/t7-,9+/m0/s1. The van der Waals surface area contributed by atoms with Crippen LogP contribution in [0.2, 0.25) is 10.0 Å². The van der Waals surface area contributed by atoms with Crippen molar-refractivity contribution in [3.05, 3.63) is 27.7 Å². The Morgan fingerprint density at radius 2 is 2.20 bits per heavy atom. The Kier molecular flexibility index (Phi) is 5.10. The second-order valence-electron chi connectivity index (χ2n) is 4.82. The second-order valence-corrected chi connectivity index (χ2v) is 5.60. The first kappa shape index (κ1) is 15.4. The van der Waals surface area contributed by atoms with Gasteiger partial charge < -0.3 is 20.8 Å². The maximum atomic E-state index is 11.0. The molecule has 2 rings (SSSR count). The lowest BCUT2D eigenvalue weighted by Gasteiger charge is -2.15. The molecular weight excluding hydrogens is 303 g/mol. The van der Waals surface area contributed by atoms with Crippen LogP contribution in [0.1, 0.15) is 18.0 Å². The maximum absolute atomic E-state index is 11.0. The first-order chi connectivity index (χ1) is 9.52. The molecule has 0 unspecified atom stereocenters. The molecule has 110 valence electrons. The Labute approximate surface area is 126 Å². The molecule has 4 N–H and O–H groups in total. The second kappa shape index (κ2) is 6.63. The molecule has 0 aromatic heterocycles. The minimum atomic E-state index is -0.509. The van der Waals surface area contributed by atoms with Crippen molar-refractivity contribution in [2.45, 2.75) is 12.5 Å². The molecule has 5 nitrogen and oxygen atoms in total. The summed E-state index contributed by atoms with van der Waals surface area (Å²) in [5.41, 5.74) is 0.593. The summed E-state index contributed by atoms with van der Waals surface area (Å²) < 4.78 is 0. The third-order valence-corrected chi connectivity index (χ3v) is 4.23. The quantitative estimate of drug-likeness (QED) is 0.677. The minimum Gasteiger partial charge on any atom is -0.508 e. The van der Waals surface area contributed by atoms with E-state index in [1.165, 1.54) is 6.07 Å². The fourth-order valence-electron chi connectivity index (χ4n) is 2.39. The maximum Gasteiger partial charge on any atom is 0.245 e. The smallest absolute Gasteiger partial charge is 0.245 e. The molecule has 1 fully saturated rings. The molecule has 1 heterocycles. The number of benzene rings is 1. The highest BCUT2D eigenvalue weighted by Gasteiger charge is 2.29. The normalized spacial score (nSPS) is 21.9. The van der Waals surface area contributed by atoms with Crippen LogP contribution in [-0.2, 0) is 4.79 Å². The van der Waals surface area contributed by atoms with E-state index in [4.69, 9.17) is 28.3 Å². The van der Waals surface area contributed by atoms with Gasteiger partial charge in [-0.1, -0.05) is 23.2 Å². The molecule has 2 atom stereocenters. The molecule has 0 spiro atoms. The number of nitrogens with one attached hydrogen (secondary N) is 2. The van der Waals surface area contributed by atoms with Crippen LogP contribution in [0.4, 0.5) is 0 Å². The number of phenols is 1. The molecule has 0 bridgehead atoms. The zero-order chi connectivity index (χ0) is 14.7. The van der Waals surface area contributed by atoms with Crippen molar-refractivity contribution in [1.29, 1.82) is 0 Å². The van der Waals surface area contributed by atoms with Gasteiger partial charge in [0, 0.05) is 24.7 Å². The van der Waals surface area contributed by atoms with Crippen LogP contribution < -0.4 is 10.6 Å². The van der Waals surface area contributed by atoms with Gasteiger partial charge in [-0.25, -0.2) is 0 Å². The van der Waals surface area contributed by atoms with E-state index in [-0.39, 0.29) is 17.7 Å². The predicted octanol–water partition coefficient (Wildman–Crippen LogP) is 1.46. The number of rotatable bonds is 4. The molecule has 0 aliphatic carbocycles. The van der Waals surface area contributed by atoms with Crippen molar-refractivity contribution in [2.24, 2.45) is 5.92 Å². The molecule has 1 aromatic carbocycles. The molecule has 0 radical (unpaired) electrons. The molecule has 7 heteroatoms. The number of aromatic hydroxyl groups is 1. The number of hydrogen-bond donors (Lipinski definition) is 4. The number of carbonyl (C=O) groups is 1. The lowest BCUT2D eigenvalue weighted by molar-refractivity contribution is -0.123. The molecule has 1 saturated heterocycles. The zero-order valence-electron chi connectivity index (χ0n) is 10.7. The van der Waals surface area contributed by atoms with Crippen molar-refractivity contribution in [2.75, 3.05) is 19.7 Å². The van der Waals surface area contributed by atoms with Gasteiger partial charge in [0.15, 0.2) is 0 Å². The van der Waals surface area contributed by atoms with E-state index >= 15 is 0 Å². The summed E-state index contributed by atoms with van der Waals surface area (Å²) in [4.78, 5) is 11.0. The topological polar surface area (TPSA) is 81.6 Å². The first-order valence-electron chi connectivity index (χ1n) is 6.30.